The van der Waals surface area contributed by atoms with E-state index in [-0.39, 0.29) is 12.3 Å². The summed E-state index contributed by atoms with van der Waals surface area (Å²) in [4.78, 5) is 4.49. The summed E-state index contributed by atoms with van der Waals surface area (Å²) in [5.74, 6) is 0. The van der Waals surface area contributed by atoms with Crippen molar-refractivity contribution < 1.29 is 0 Å². The number of amidine groups is 1. The van der Waals surface area contributed by atoms with Gasteiger partial charge in [0, 0.05) is 0 Å². The van der Waals surface area contributed by atoms with E-state index < -0.39 is 0 Å². The van der Waals surface area contributed by atoms with Gasteiger partial charge < -0.3 is 5.32 Å². The Labute approximate surface area is 140 Å². The summed E-state index contributed by atoms with van der Waals surface area (Å²) in [6.07, 6.45) is -0.226. The van der Waals surface area contributed by atoms with E-state index in [1.165, 1.54) is 10.8 Å². The van der Waals surface area contributed by atoms with Gasteiger partial charge in [0.1, 0.15) is 12.3 Å². The maximum Gasteiger partial charge on any atom is 0.194 e. The zero-order valence-electron chi connectivity index (χ0n) is 12.4. The van der Waals surface area contributed by atoms with Gasteiger partial charge in [-0.3, -0.25) is 5.32 Å². The number of nitrogens with one attached hydrogen (secondary N) is 2. The van der Waals surface area contributed by atoms with Crippen molar-refractivity contribution in [3.8, 4) is 0 Å². The molecular weight excluding hydrogens is 306 g/mol. The third-order valence-corrected chi connectivity index (χ3v) is 4.26. The lowest BCUT2D eigenvalue weighted by atomic mass is 10.0. The van der Waals surface area contributed by atoms with E-state index in [2.05, 4.69) is 58.1 Å². The van der Waals surface area contributed by atoms with Crippen LogP contribution in [0.3, 0.4) is 0 Å². The molecule has 0 saturated carbocycles. The fraction of sp³-hybridized carbons (Fsp3) is 0.105. The Morgan fingerprint density at radius 2 is 1.52 bits per heavy atom. The van der Waals surface area contributed by atoms with Crippen LogP contribution < -0.4 is 10.6 Å². The van der Waals surface area contributed by atoms with Gasteiger partial charge in [0.2, 0.25) is 0 Å². The second-order valence-corrected chi connectivity index (χ2v) is 5.94. The first-order chi connectivity index (χ1) is 11.3. The second kappa shape index (κ2) is 6.03. The van der Waals surface area contributed by atoms with E-state index in [9.17, 15) is 0 Å². The highest BCUT2D eigenvalue weighted by Crippen LogP contribution is 2.26. The lowest BCUT2D eigenvalue weighted by molar-refractivity contribution is 0.412. The molecule has 1 aliphatic rings. The van der Waals surface area contributed by atoms with Crippen LogP contribution in [-0.2, 0) is 0 Å². The van der Waals surface area contributed by atoms with Gasteiger partial charge in [0.25, 0.3) is 0 Å². The van der Waals surface area contributed by atoms with Gasteiger partial charge in [-0.05, 0) is 39.6 Å². The molecule has 3 nitrogen and oxygen atoms in total. The van der Waals surface area contributed by atoms with E-state index >= 15 is 0 Å². The predicted octanol–water partition coefficient (Wildman–Crippen LogP) is 4.32. The van der Waals surface area contributed by atoms with Crippen molar-refractivity contribution in [3.05, 3.63) is 83.9 Å². The zero-order valence-corrected chi connectivity index (χ0v) is 13.2. The van der Waals surface area contributed by atoms with Crippen LogP contribution in [0.5, 0.6) is 0 Å². The van der Waals surface area contributed by atoms with Gasteiger partial charge in [0.05, 0.1) is 0 Å². The molecule has 4 rings (SSSR count). The molecule has 2 unspecified atom stereocenters. The van der Waals surface area contributed by atoms with E-state index in [4.69, 9.17) is 11.6 Å². The maximum atomic E-state index is 6.22. The molecule has 23 heavy (non-hydrogen) atoms. The highest BCUT2D eigenvalue weighted by molar-refractivity contribution is 6.64. The minimum Gasteiger partial charge on any atom is -0.341 e. The van der Waals surface area contributed by atoms with Crippen molar-refractivity contribution in [2.75, 3.05) is 0 Å². The van der Waals surface area contributed by atoms with Crippen LogP contribution in [0.15, 0.2) is 77.8 Å². The Kier molecular flexibility index (Phi) is 3.74. The molecule has 0 radical (unpaired) electrons. The van der Waals surface area contributed by atoms with Gasteiger partial charge in [-0.1, -0.05) is 66.7 Å². The molecule has 0 aliphatic carbocycles. The summed E-state index contributed by atoms with van der Waals surface area (Å²) in [5, 5.41) is 9.52. The van der Waals surface area contributed by atoms with Crippen LogP contribution in [-0.4, -0.2) is 5.29 Å². The van der Waals surface area contributed by atoms with Crippen LogP contribution in [0.4, 0.5) is 0 Å². The molecule has 1 aliphatic heterocycles. The minimum atomic E-state index is -0.168. The van der Waals surface area contributed by atoms with Gasteiger partial charge in [-0.15, -0.1) is 0 Å². The lowest BCUT2D eigenvalue weighted by Crippen LogP contribution is -2.42. The number of aliphatic imine (C=N–C) groups is 1. The fourth-order valence-electron chi connectivity index (χ4n) is 2.88. The third-order valence-electron chi connectivity index (χ3n) is 4.05. The van der Waals surface area contributed by atoms with E-state index in [1.54, 1.807) is 0 Å². The molecule has 2 atom stereocenters. The molecule has 0 spiro atoms. The standard InChI is InChI=1S/C19H16ClN3/c20-19-22-17(14-7-2-1-3-8-14)21-18(23-19)16-11-10-13-6-4-5-9-15(13)12-16/h1-12,17-18,21H,(H,22,23). The largest absolute Gasteiger partial charge is 0.341 e. The monoisotopic (exact) mass is 321 g/mol. The number of halogens is 1. The van der Waals surface area contributed by atoms with Crippen LogP contribution in [0, 0.1) is 0 Å². The highest BCUT2D eigenvalue weighted by Gasteiger charge is 2.23. The first-order valence-corrected chi connectivity index (χ1v) is 7.97. The van der Waals surface area contributed by atoms with Crippen molar-refractivity contribution in [1.82, 2.24) is 10.6 Å². The Bertz CT molecular complexity index is 861. The number of rotatable bonds is 2. The smallest absolute Gasteiger partial charge is 0.194 e. The SMILES string of the molecule is ClC1=NC(c2ccc3ccccc3c2)NC(c2ccccc2)N1. The zero-order chi connectivity index (χ0) is 15.6. The number of nitrogens with zero attached hydrogens (tertiary/aromatic N) is 1. The van der Waals surface area contributed by atoms with Crippen molar-refractivity contribution in [2.24, 2.45) is 4.99 Å². The molecule has 0 aromatic heterocycles. The molecule has 0 fully saturated rings. The summed E-state index contributed by atoms with van der Waals surface area (Å²) >= 11 is 6.22. The summed E-state index contributed by atoms with van der Waals surface area (Å²) in [6.45, 7) is 0. The Hall–Kier alpha value is -2.36. The molecular formula is C19H16ClN3. The molecule has 4 heteroatoms. The summed E-state index contributed by atoms with van der Waals surface area (Å²) in [6, 6.07) is 24.9. The van der Waals surface area contributed by atoms with Crippen molar-refractivity contribution >= 4 is 27.7 Å². The second-order valence-electron chi connectivity index (χ2n) is 5.58. The molecule has 2 N–H and O–H groups in total. The molecule has 0 amide bonds. The Morgan fingerprint density at radius 3 is 2.35 bits per heavy atom. The summed E-state index contributed by atoms with van der Waals surface area (Å²) < 4.78 is 0. The van der Waals surface area contributed by atoms with E-state index in [1.807, 2.05) is 30.3 Å². The van der Waals surface area contributed by atoms with Gasteiger partial charge in [0.15, 0.2) is 5.29 Å². The van der Waals surface area contributed by atoms with Gasteiger partial charge in [-0.25, -0.2) is 4.99 Å². The van der Waals surface area contributed by atoms with Crippen LogP contribution >= 0.6 is 11.6 Å². The molecule has 1 heterocycles. The molecule has 3 aromatic carbocycles. The average Bonchev–Trinajstić information content (AvgIpc) is 2.61. The maximum absolute atomic E-state index is 6.22. The van der Waals surface area contributed by atoms with E-state index in [0.717, 1.165) is 11.1 Å². The molecule has 0 bridgehead atoms. The van der Waals surface area contributed by atoms with Crippen molar-refractivity contribution in [1.29, 1.82) is 0 Å². The molecule has 114 valence electrons. The number of fused-ring (bicyclic) bond motifs is 1. The fourth-order valence-corrected chi connectivity index (χ4v) is 3.09. The minimum absolute atomic E-state index is 0.0577. The summed E-state index contributed by atoms with van der Waals surface area (Å²) in [5.41, 5.74) is 2.23. The van der Waals surface area contributed by atoms with Crippen molar-refractivity contribution in [2.45, 2.75) is 12.3 Å². The number of hydrogen-bond donors (Lipinski definition) is 2. The number of hydrogen-bond acceptors (Lipinski definition) is 3. The summed E-state index contributed by atoms with van der Waals surface area (Å²) in [7, 11) is 0. The van der Waals surface area contributed by atoms with Crippen molar-refractivity contribution in [3.63, 3.8) is 0 Å². The van der Waals surface area contributed by atoms with Crippen LogP contribution in [0.2, 0.25) is 0 Å². The topological polar surface area (TPSA) is 36.4 Å². The Balaban J connectivity index is 1.68. The van der Waals surface area contributed by atoms with Gasteiger partial charge in [-0.2, -0.15) is 0 Å². The lowest BCUT2D eigenvalue weighted by Gasteiger charge is -2.30. The molecule has 0 saturated heterocycles. The first-order valence-electron chi connectivity index (χ1n) is 7.59. The highest BCUT2D eigenvalue weighted by atomic mass is 35.5. The number of benzene rings is 3. The van der Waals surface area contributed by atoms with E-state index in [0.29, 0.717) is 5.29 Å². The third kappa shape index (κ3) is 2.93. The molecule has 3 aromatic rings. The Morgan fingerprint density at radius 1 is 0.783 bits per heavy atom. The normalized spacial score (nSPS) is 20.8. The quantitative estimate of drug-likeness (QED) is 0.689. The average molecular weight is 322 g/mol. The first kappa shape index (κ1) is 14.2. The van der Waals surface area contributed by atoms with Crippen LogP contribution in [0.1, 0.15) is 23.5 Å². The van der Waals surface area contributed by atoms with Crippen LogP contribution in [0.25, 0.3) is 10.8 Å². The van der Waals surface area contributed by atoms with Gasteiger partial charge >= 0.3 is 0 Å². The predicted molar refractivity (Wildman–Crippen MR) is 95.4 cm³/mol.